The molecule has 0 aromatic carbocycles. The third-order valence-electron chi connectivity index (χ3n) is 12.8. The molecule has 1 fully saturated rings. The second kappa shape index (κ2) is 52.1. The molecule has 1 rings (SSSR count). The number of hydrogen-bond acceptors (Lipinski definition) is 11. The average Bonchev–Trinajstić information content (AvgIpc) is 3.42. The fourth-order valence-electron chi connectivity index (χ4n) is 8.28. The highest BCUT2D eigenvalue weighted by atomic mass is 16.7. The molecule has 0 radical (unpaired) electrons. The molecule has 0 bridgehead atoms. The van der Waals surface area contributed by atoms with Crippen molar-refractivity contribution in [2.45, 2.75) is 263 Å². The van der Waals surface area contributed by atoms with E-state index in [2.05, 4.69) is 130 Å². The van der Waals surface area contributed by atoms with Crippen LogP contribution in [0, 0.1) is 0 Å². The van der Waals surface area contributed by atoms with Crippen LogP contribution in [0.5, 0.6) is 0 Å². The Morgan fingerprint density at radius 2 is 0.818 bits per heavy atom. The normalized spacial score (nSPS) is 18.8. The molecule has 0 spiro atoms. The zero-order chi connectivity index (χ0) is 56.1. The van der Waals surface area contributed by atoms with Gasteiger partial charge in [-0.25, -0.2) is 4.79 Å². The van der Waals surface area contributed by atoms with Gasteiger partial charge < -0.3 is 39.0 Å². The van der Waals surface area contributed by atoms with Crippen LogP contribution >= 0.6 is 0 Å². The number of allylic oxidation sites excluding steroid dienone is 18. The second-order valence-corrected chi connectivity index (χ2v) is 19.9. The largest absolute Gasteiger partial charge is 0.479 e. The van der Waals surface area contributed by atoms with Crippen molar-refractivity contribution >= 4 is 23.9 Å². The Morgan fingerprint density at radius 3 is 1.27 bits per heavy atom. The minimum Gasteiger partial charge on any atom is -0.479 e. The van der Waals surface area contributed by atoms with E-state index in [1.165, 1.54) is 25.7 Å². The van der Waals surface area contributed by atoms with Crippen molar-refractivity contribution in [3.8, 4) is 0 Å². The lowest BCUT2D eigenvalue weighted by molar-refractivity contribution is -0.301. The smallest absolute Gasteiger partial charge is 0.335 e. The maximum Gasteiger partial charge on any atom is 0.335 e. The number of aliphatic carboxylic acids is 1. The zero-order valence-corrected chi connectivity index (χ0v) is 47.9. The van der Waals surface area contributed by atoms with Gasteiger partial charge in [-0.2, -0.15) is 0 Å². The molecule has 436 valence electrons. The number of aliphatic hydroxyl groups is 2. The summed E-state index contributed by atoms with van der Waals surface area (Å²) in [5.41, 5.74) is 0. The van der Waals surface area contributed by atoms with Gasteiger partial charge in [0, 0.05) is 19.3 Å². The number of carboxylic acid groups (broad SMARTS) is 1. The quantitative estimate of drug-likeness (QED) is 0.0228. The number of rotatable bonds is 49. The summed E-state index contributed by atoms with van der Waals surface area (Å²) in [4.78, 5) is 51.1. The lowest BCUT2D eigenvalue weighted by atomic mass is 9.98. The molecule has 1 heterocycles. The first-order chi connectivity index (χ1) is 37.6. The van der Waals surface area contributed by atoms with Crippen molar-refractivity contribution in [1.29, 1.82) is 0 Å². The van der Waals surface area contributed by atoms with Gasteiger partial charge in [0.05, 0.1) is 6.61 Å². The number of ether oxygens (including phenoxy) is 5. The molecule has 6 unspecified atom stereocenters. The molecule has 0 aliphatic carbocycles. The number of esters is 3. The van der Waals surface area contributed by atoms with Crippen LogP contribution in [0.4, 0.5) is 0 Å². The summed E-state index contributed by atoms with van der Waals surface area (Å²) < 4.78 is 28.4. The maximum absolute atomic E-state index is 13.1. The van der Waals surface area contributed by atoms with Crippen LogP contribution < -0.4 is 0 Å². The molecule has 77 heavy (non-hydrogen) atoms. The molecule has 0 saturated carbocycles. The van der Waals surface area contributed by atoms with Crippen molar-refractivity contribution < 1.29 is 58.2 Å². The van der Waals surface area contributed by atoms with Gasteiger partial charge in [-0.15, -0.1) is 0 Å². The standard InChI is InChI=1S/C65H104O12/c1-4-7-10-13-16-19-22-25-27-28-29-30-32-35-38-41-44-47-50-53-59(68)76-63-61(70)60(69)62(64(71)72)77-65(63)74-55-56(75-58(67)52-49-46-43-40-37-33-24-21-18-15-12-9-6-3)54-73-57(66)51-48-45-42-39-36-34-31-26-23-20-17-14-11-8-5-2/h7-8,10-11,16-17,19-21,24-27,29-31,35,38,56,60-63,65,69-70H,4-6,9,12-15,18,22-23,28,32-34,36-37,39-55H2,1-3H3,(H,71,72)/b10-7-,11-8-,19-16-,20-17-,24-21-,27-25-,30-29-,31-26-,38-35-. The first-order valence-corrected chi connectivity index (χ1v) is 29.9. The molecule has 3 N–H and O–H groups in total. The molecule has 0 aromatic rings. The monoisotopic (exact) mass is 1080 g/mol. The lowest BCUT2D eigenvalue weighted by Gasteiger charge is -2.40. The van der Waals surface area contributed by atoms with E-state index in [0.29, 0.717) is 19.3 Å². The topological polar surface area (TPSA) is 175 Å². The zero-order valence-electron chi connectivity index (χ0n) is 47.9. The fourth-order valence-corrected chi connectivity index (χ4v) is 8.28. The Balaban J connectivity index is 2.72. The highest BCUT2D eigenvalue weighted by molar-refractivity contribution is 5.74. The van der Waals surface area contributed by atoms with Crippen LogP contribution in [0.25, 0.3) is 0 Å². The maximum atomic E-state index is 13.1. The van der Waals surface area contributed by atoms with E-state index in [1.807, 2.05) is 0 Å². The van der Waals surface area contributed by atoms with Crippen molar-refractivity contribution in [2.24, 2.45) is 0 Å². The molecular weight excluding hydrogens is 973 g/mol. The van der Waals surface area contributed by atoms with Crippen LogP contribution in [0.15, 0.2) is 109 Å². The molecule has 12 nitrogen and oxygen atoms in total. The van der Waals surface area contributed by atoms with E-state index in [0.717, 1.165) is 141 Å². The van der Waals surface area contributed by atoms with Crippen LogP contribution in [-0.4, -0.2) is 89.2 Å². The Hall–Kier alpha value is -4.62. The fraction of sp³-hybridized carbons (Fsp3) is 0.662. The minimum absolute atomic E-state index is 0.0135. The van der Waals surface area contributed by atoms with Crippen LogP contribution in [0.1, 0.15) is 226 Å². The molecule has 12 heteroatoms. The summed E-state index contributed by atoms with van der Waals surface area (Å²) in [5.74, 6) is -3.21. The predicted octanol–water partition coefficient (Wildman–Crippen LogP) is 15.4. The first-order valence-electron chi connectivity index (χ1n) is 29.9. The summed E-state index contributed by atoms with van der Waals surface area (Å²) in [7, 11) is 0. The van der Waals surface area contributed by atoms with E-state index in [4.69, 9.17) is 23.7 Å². The molecular formula is C65H104O12. The van der Waals surface area contributed by atoms with Crippen molar-refractivity contribution in [2.75, 3.05) is 13.2 Å². The van der Waals surface area contributed by atoms with Crippen LogP contribution in [0.3, 0.4) is 0 Å². The Labute approximate surface area is 465 Å². The van der Waals surface area contributed by atoms with E-state index in [9.17, 15) is 34.5 Å². The van der Waals surface area contributed by atoms with E-state index in [-0.39, 0.29) is 25.9 Å². The Morgan fingerprint density at radius 1 is 0.442 bits per heavy atom. The van der Waals surface area contributed by atoms with Gasteiger partial charge in [-0.3, -0.25) is 14.4 Å². The van der Waals surface area contributed by atoms with Crippen LogP contribution in [0.2, 0.25) is 0 Å². The summed E-state index contributed by atoms with van der Waals surface area (Å²) in [6.07, 6.45) is 57.7. The summed E-state index contributed by atoms with van der Waals surface area (Å²) >= 11 is 0. The van der Waals surface area contributed by atoms with Crippen molar-refractivity contribution in [1.82, 2.24) is 0 Å². The molecule has 0 aromatic heterocycles. The summed E-state index contributed by atoms with van der Waals surface area (Å²) in [5, 5.41) is 31.5. The van der Waals surface area contributed by atoms with Gasteiger partial charge >= 0.3 is 23.9 Å². The van der Waals surface area contributed by atoms with E-state index < -0.39 is 67.3 Å². The minimum atomic E-state index is -1.92. The number of hydrogen-bond donors (Lipinski definition) is 3. The lowest BCUT2D eigenvalue weighted by Crippen LogP contribution is -2.61. The number of carboxylic acids is 1. The second-order valence-electron chi connectivity index (χ2n) is 19.9. The summed E-state index contributed by atoms with van der Waals surface area (Å²) in [6, 6.07) is 0. The first kappa shape index (κ1) is 70.4. The SMILES string of the molecule is CC/C=C\C/C=C\C/C=C\C/C=C\C/C=C\CCCCCC(=O)OC1C(OCC(COC(=O)CCCCCCC/C=C\C/C=C\C/C=C\CC)OC(=O)CCCCCCC/C=C\CCCCCC)OC(C(=O)O)C(O)C1O. The van der Waals surface area contributed by atoms with E-state index in [1.54, 1.807) is 0 Å². The highest BCUT2D eigenvalue weighted by Crippen LogP contribution is 2.26. The molecule has 6 atom stereocenters. The predicted molar refractivity (Wildman–Crippen MR) is 312 cm³/mol. The Kier molecular flexibility index (Phi) is 47.6. The van der Waals surface area contributed by atoms with Gasteiger partial charge in [-0.1, -0.05) is 194 Å². The molecule has 0 amide bonds. The van der Waals surface area contributed by atoms with Crippen molar-refractivity contribution in [3.63, 3.8) is 0 Å². The average molecular weight is 1080 g/mol. The third kappa shape index (κ3) is 42.1. The molecule has 1 saturated heterocycles. The molecule has 1 aliphatic rings. The van der Waals surface area contributed by atoms with Crippen molar-refractivity contribution in [3.05, 3.63) is 109 Å². The van der Waals surface area contributed by atoms with Crippen LogP contribution in [-0.2, 0) is 42.9 Å². The number of unbranched alkanes of at least 4 members (excludes halogenated alkanes) is 17. The summed E-state index contributed by atoms with van der Waals surface area (Å²) in [6.45, 7) is 5.71. The van der Waals surface area contributed by atoms with Gasteiger partial charge in [0.15, 0.2) is 24.6 Å². The van der Waals surface area contributed by atoms with Gasteiger partial charge in [0.25, 0.3) is 0 Å². The van der Waals surface area contributed by atoms with Gasteiger partial charge in [0.2, 0.25) is 0 Å². The molecule has 1 aliphatic heterocycles. The number of carbonyl (C=O) groups excluding carboxylic acids is 3. The number of carbonyl (C=O) groups is 4. The van der Waals surface area contributed by atoms with Gasteiger partial charge in [-0.05, 0) is 122 Å². The Bertz CT molecular complexity index is 1750. The van der Waals surface area contributed by atoms with Gasteiger partial charge in [0.1, 0.15) is 18.8 Å². The van der Waals surface area contributed by atoms with E-state index >= 15 is 0 Å². The third-order valence-corrected chi connectivity index (χ3v) is 12.8. The highest BCUT2D eigenvalue weighted by Gasteiger charge is 2.50. The number of aliphatic hydroxyl groups excluding tert-OH is 2.